The number of phenols is 1. The van der Waals surface area contributed by atoms with Crippen LogP contribution in [0.25, 0.3) is 0 Å². The van der Waals surface area contributed by atoms with Crippen LogP contribution >= 0.6 is 0 Å². The summed E-state index contributed by atoms with van der Waals surface area (Å²) in [7, 11) is 2.07. The summed E-state index contributed by atoms with van der Waals surface area (Å²) in [5.41, 5.74) is 0.606. The second-order valence-electron chi connectivity index (χ2n) is 4.64. The van der Waals surface area contributed by atoms with E-state index in [-0.39, 0.29) is 11.7 Å². The Bertz CT molecular complexity index is 348. The van der Waals surface area contributed by atoms with E-state index in [1.165, 1.54) is 6.07 Å². The molecule has 0 aliphatic carbocycles. The minimum Gasteiger partial charge on any atom is -0.508 e. The van der Waals surface area contributed by atoms with E-state index in [4.69, 9.17) is 0 Å². The van der Waals surface area contributed by atoms with Crippen LogP contribution in [-0.2, 0) is 0 Å². The summed E-state index contributed by atoms with van der Waals surface area (Å²) in [5, 5.41) is 9.33. The van der Waals surface area contributed by atoms with Crippen LogP contribution in [0.4, 0.5) is 4.39 Å². The largest absolute Gasteiger partial charge is 0.508 e. The number of nitrogens with zero attached hydrogens (tertiary/aromatic N) is 1. The maximum Gasteiger partial charge on any atom is 0.128 e. The molecule has 1 fully saturated rings. The first-order valence-corrected chi connectivity index (χ1v) is 5.78. The number of aromatic hydroxyl groups is 1. The highest BCUT2D eigenvalue weighted by Crippen LogP contribution is 2.34. The molecular formula is C13H18FNO. The SMILES string of the molecule is CN1CCC(C(F)c2cccc(O)c2)CC1. The van der Waals surface area contributed by atoms with Crippen molar-refractivity contribution in [2.24, 2.45) is 5.92 Å². The van der Waals surface area contributed by atoms with Crippen molar-refractivity contribution in [2.45, 2.75) is 19.0 Å². The first-order valence-electron chi connectivity index (χ1n) is 5.78. The molecule has 16 heavy (non-hydrogen) atoms. The molecule has 0 saturated carbocycles. The highest BCUT2D eigenvalue weighted by Gasteiger charge is 2.26. The number of alkyl halides is 1. The van der Waals surface area contributed by atoms with Gasteiger partial charge in [0, 0.05) is 0 Å². The van der Waals surface area contributed by atoms with Crippen LogP contribution in [0, 0.1) is 5.92 Å². The number of hydrogen-bond acceptors (Lipinski definition) is 2. The fraction of sp³-hybridized carbons (Fsp3) is 0.538. The summed E-state index contributed by atoms with van der Waals surface area (Å²) >= 11 is 0. The van der Waals surface area contributed by atoms with Gasteiger partial charge in [-0.2, -0.15) is 0 Å². The lowest BCUT2D eigenvalue weighted by Gasteiger charge is -2.31. The van der Waals surface area contributed by atoms with Gasteiger partial charge in [-0.1, -0.05) is 12.1 Å². The molecule has 1 aliphatic heterocycles. The third kappa shape index (κ3) is 2.53. The van der Waals surface area contributed by atoms with Crippen molar-refractivity contribution in [2.75, 3.05) is 20.1 Å². The molecule has 2 nitrogen and oxygen atoms in total. The van der Waals surface area contributed by atoms with Gasteiger partial charge < -0.3 is 10.0 Å². The van der Waals surface area contributed by atoms with Crippen molar-refractivity contribution in [1.82, 2.24) is 4.90 Å². The molecule has 1 N–H and O–H groups in total. The Hall–Kier alpha value is -1.09. The molecule has 1 atom stereocenters. The Morgan fingerprint density at radius 2 is 2.06 bits per heavy atom. The van der Waals surface area contributed by atoms with Gasteiger partial charge in [0.05, 0.1) is 0 Å². The third-order valence-electron chi connectivity index (χ3n) is 3.37. The monoisotopic (exact) mass is 223 g/mol. The summed E-state index contributed by atoms with van der Waals surface area (Å²) in [4.78, 5) is 2.23. The van der Waals surface area contributed by atoms with E-state index in [0.717, 1.165) is 25.9 Å². The first-order chi connectivity index (χ1) is 7.66. The second kappa shape index (κ2) is 4.83. The van der Waals surface area contributed by atoms with Crippen LogP contribution in [0.3, 0.4) is 0 Å². The lowest BCUT2D eigenvalue weighted by Crippen LogP contribution is -2.31. The number of likely N-dealkylation sites (tertiary alicyclic amines) is 1. The van der Waals surface area contributed by atoms with Crippen molar-refractivity contribution in [1.29, 1.82) is 0 Å². The maximum absolute atomic E-state index is 14.2. The van der Waals surface area contributed by atoms with E-state index in [0.29, 0.717) is 5.56 Å². The molecule has 1 aromatic carbocycles. The Morgan fingerprint density at radius 1 is 1.38 bits per heavy atom. The molecule has 0 radical (unpaired) electrons. The van der Waals surface area contributed by atoms with Gasteiger partial charge in [0.15, 0.2) is 0 Å². The van der Waals surface area contributed by atoms with E-state index in [1.54, 1.807) is 18.2 Å². The third-order valence-corrected chi connectivity index (χ3v) is 3.37. The Kier molecular flexibility index (Phi) is 3.44. The van der Waals surface area contributed by atoms with E-state index < -0.39 is 6.17 Å². The number of piperidine rings is 1. The fourth-order valence-corrected chi connectivity index (χ4v) is 2.29. The average Bonchev–Trinajstić information content (AvgIpc) is 2.29. The number of rotatable bonds is 2. The maximum atomic E-state index is 14.2. The Balaban J connectivity index is 2.04. The van der Waals surface area contributed by atoms with E-state index >= 15 is 0 Å². The van der Waals surface area contributed by atoms with E-state index in [9.17, 15) is 9.50 Å². The lowest BCUT2D eigenvalue weighted by molar-refractivity contribution is 0.137. The minimum atomic E-state index is -0.944. The zero-order valence-corrected chi connectivity index (χ0v) is 9.56. The molecule has 0 amide bonds. The standard InChI is InChI=1S/C13H18FNO/c1-15-7-5-10(6-8-15)13(14)11-3-2-4-12(16)9-11/h2-4,9-10,13,16H,5-8H2,1H3. The van der Waals surface area contributed by atoms with Gasteiger partial charge in [-0.05, 0) is 56.6 Å². The summed E-state index contributed by atoms with van der Waals surface area (Å²) in [6.45, 7) is 1.92. The van der Waals surface area contributed by atoms with Gasteiger partial charge in [0.25, 0.3) is 0 Å². The fourth-order valence-electron chi connectivity index (χ4n) is 2.29. The predicted octanol–water partition coefficient (Wildman–Crippen LogP) is 2.74. The van der Waals surface area contributed by atoms with Gasteiger partial charge in [-0.25, -0.2) is 4.39 Å². The van der Waals surface area contributed by atoms with Crippen LogP contribution in [0.5, 0.6) is 5.75 Å². The van der Waals surface area contributed by atoms with Crippen molar-refractivity contribution in [3.05, 3.63) is 29.8 Å². The van der Waals surface area contributed by atoms with Crippen molar-refractivity contribution in [3.8, 4) is 5.75 Å². The average molecular weight is 223 g/mol. The molecule has 0 spiro atoms. The van der Waals surface area contributed by atoms with Crippen LogP contribution in [-0.4, -0.2) is 30.1 Å². The molecule has 1 unspecified atom stereocenters. The zero-order valence-electron chi connectivity index (χ0n) is 9.56. The number of hydrogen-bond donors (Lipinski definition) is 1. The van der Waals surface area contributed by atoms with Gasteiger partial charge in [-0.3, -0.25) is 0 Å². The number of benzene rings is 1. The lowest BCUT2D eigenvalue weighted by atomic mass is 9.88. The molecule has 0 aromatic heterocycles. The summed E-state index contributed by atoms with van der Waals surface area (Å²) in [6.07, 6.45) is 0.849. The Labute approximate surface area is 95.7 Å². The van der Waals surface area contributed by atoms with Gasteiger partial charge in [0.2, 0.25) is 0 Å². The molecule has 1 saturated heterocycles. The minimum absolute atomic E-state index is 0.0954. The summed E-state index contributed by atoms with van der Waals surface area (Å²) in [6, 6.07) is 6.56. The van der Waals surface area contributed by atoms with Gasteiger partial charge in [0.1, 0.15) is 11.9 Å². The van der Waals surface area contributed by atoms with Crippen LogP contribution in [0.2, 0.25) is 0 Å². The van der Waals surface area contributed by atoms with Crippen molar-refractivity contribution >= 4 is 0 Å². The van der Waals surface area contributed by atoms with Gasteiger partial charge >= 0.3 is 0 Å². The van der Waals surface area contributed by atoms with Crippen molar-refractivity contribution < 1.29 is 9.50 Å². The highest BCUT2D eigenvalue weighted by molar-refractivity contribution is 5.29. The zero-order chi connectivity index (χ0) is 11.5. The number of halogens is 1. The normalized spacial score (nSPS) is 20.9. The second-order valence-corrected chi connectivity index (χ2v) is 4.64. The van der Waals surface area contributed by atoms with Crippen LogP contribution in [0.1, 0.15) is 24.6 Å². The topological polar surface area (TPSA) is 23.5 Å². The predicted molar refractivity (Wildman–Crippen MR) is 62.2 cm³/mol. The van der Waals surface area contributed by atoms with Crippen molar-refractivity contribution in [3.63, 3.8) is 0 Å². The molecule has 0 bridgehead atoms. The molecule has 1 aromatic rings. The molecule has 3 heteroatoms. The number of phenolic OH excluding ortho intramolecular Hbond substituents is 1. The van der Waals surface area contributed by atoms with Crippen LogP contribution in [0.15, 0.2) is 24.3 Å². The molecule has 88 valence electrons. The summed E-state index contributed by atoms with van der Waals surface area (Å²) in [5.74, 6) is 0.242. The van der Waals surface area contributed by atoms with E-state index in [2.05, 4.69) is 11.9 Å². The molecule has 2 rings (SSSR count). The van der Waals surface area contributed by atoms with Gasteiger partial charge in [-0.15, -0.1) is 0 Å². The molecule has 1 aliphatic rings. The first kappa shape index (κ1) is 11.4. The van der Waals surface area contributed by atoms with E-state index in [1.807, 2.05) is 0 Å². The van der Waals surface area contributed by atoms with Crippen LogP contribution < -0.4 is 0 Å². The quantitative estimate of drug-likeness (QED) is 0.833. The molecular weight excluding hydrogens is 205 g/mol. The highest BCUT2D eigenvalue weighted by atomic mass is 19.1. The molecule has 1 heterocycles. The smallest absolute Gasteiger partial charge is 0.128 e. The summed E-state index contributed by atoms with van der Waals surface area (Å²) < 4.78 is 14.2. The Morgan fingerprint density at radius 3 is 2.69 bits per heavy atom.